The highest BCUT2D eigenvalue weighted by molar-refractivity contribution is 6.08. The number of benzene rings is 4. The van der Waals surface area contributed by atoms with E-state index in [0.29, 0.717) is 23.7 Å². The number of nitrogens with one attached hydrogen (secondary N) is 1. The molecule has 0 saturated carbocycles. The lowest BCUT2D eigenvalue weighted by Gasteiger charge is -2.11. The molecule has 1 amide bonds. The Kier molecular flexibility index (Phi) is 5.95. The van der Waals surface area contributed by atoms with Crippen LogP contribution in [0.15, 0.2) is 101 Å². The van der Waals surface area contributed by atoms with Crippen molar-refractivity contribution in [1.82, 2.24) is 5.43 Å². The smallest absolute Gasteiger partial charge is 0.307 e. The van der Waals surface area contributed by atoms with E-state index in [9.17, 15) is 4.79 Å². The van der Waals surface area contributed by atoms with Gasteiger partial charge in [-0.25, -0.2) is 5.43 Å². The number of fused-ring (bicyclic) bond motifs is 3. The fraction of sp³-hybridized carbons (Fsp3) is 0.0714. The van der Waals surface area contributed by atoms with Crippen LogP contribution in [0.1, 0.15) is 21.7 Å². The maximum atomic E-state index is 12.6. The fourth-order valence-corrected chi connectivity index (χ4v) is 3.74. The third-order valence-electron chi connectivity index (χ3n) is 5.45. The molecule has 0 atom stereocenters. The molecule has 0 aliphatic heterocycles. The van der Waals surface area contributed by atoms with Crippen LogP contribution in [0, 0.1) is 0 Å². The molecule has 168 valence electrons. The molecular formula is C28H22N2O4. The van der Waals surface area contributed by atoms with E-state index in [0.717, 1.165) is 27.3 Å². The number of methoxy groups -OCH3 is 1. The molecule has 0 spiro atoms. The number of hydrazone groups is 1. The first-order chi connectivity index (χ1) is 16.7. The summed E-state index contributed by atoms with van der Waals surface area (Å²) in [7, 11) is 1.58. The van der Waals surface area contributed by atoms with Crippen molar-refractivity contribution in [3.63, 3.8) is 0 Å². The lowest BCUT2D eigenvalue weighted by Crippen LogP contribution is -2.16. The van der Waals surface area contributed by atoms with Crippen molar-refractivity contribution in [3.8, 4) is 11.5 Å². The van der Waals surface area contributed by atoms with Crippen LogP contribution in [-0.4, -0.2) is 19.2 Å². The van der Waals surface area contributed by atoms with E-state index < -0.39 is 5.91 Å². The summed E-state index contributed by atoms with van der Waals surface area (Å²) in [5.41, 5.74) is 4.99. The number of rotatable bonds is 7. The van der Waals surface area contributed by atoms with Gasteiger partial charge >= 0.3 is 5.91 Å². The predicted octanol–water partition coefficient (Wildman–Crippen LogP) is 5.94. The predicted molar refractivity (Wildman–Crippen MR) is 133 cm³/mol. The topological polar surface area (TPSA) is 73.1 Å². The molecular weight excluding hydrogens is 428 g/mol. The largest absolute Gasteiger partial charge is 0.493 e. The Morgan fingerprint density at radius 1 is 0.912 bits per heavy atom. The second kappa shape index (κ2) is 9.50. The molecule has 6 heteroatoms. The minimum Gasteiger partial charge on any atom is -0.493 e. The molecule has 0 radical (unpaired) electrons. The number of amides is 1. The summed E-state index contributed by atoms with van der Waals surface area (Å²) in [5, 5.41) is 7.08. The van der Waals surface area contributed by atoms with Gasteiger partial charge < -0.3 is 13.9 Å². The second-order valence-corrected chi connectivity index (χ2v) is 7.69. The average molecular weight is 450 g/mol. The summed E-state index contributed by atoms with van der Waals surface area (Å²) in [6, 6.07) is 28.9. The summed E-state index contributed by atoms with van der Waals surface area (Å²) in [6.45, 7) is 0.438. The van der Waals surface area contributed by atoms with Gasteiger partial charge in [0.15, 0.2) is 17.3 Å². The van der Waals surface area contributed by atoms with Crippen LogP contribution in [0.5, 0.6) is 11.5 Å². The summed E-state index contributed by atoms with van der Waals surface area (Å²) in [4.78, 5) is 12.6. The van der Waals surface area contributed by atoms with Crippen LogP contribution in [0.4, 0.5) is 0 Å². The minimum atomic E-state index is -0.425. The Morgan fingerprint density at radius 3 is 2.59 bits per heavy atom. The van der Waals surface area contributed by atoms with Crippen molar-refractivity contribution in [1.29, 1.82) is 0 Å². The van der Waals surface area contributed by atoms with Gasteiger partial charge in [0, 0.05) is 5.39 Å². The van der Waals surface area contributed by atoms with Crippen molar-refractivity contribution >= 4 is 33.9 Å². The van der Waals surface area contributed by atoms with Crippen molar-refractivity contribution < 1.29 is 18.7 Å². The first-order valence-electron chi connectivity index (χ1n) is 10.8. The zero-order valence-corrected chi connectivity index (χ0v) is 18.5. The summed E-state index contributed by atoms with van der Waals surface area (Å²) >= 11 is 0. The van der Waals surface area contributed by atoms with Gasteiger partial charge in [0.25, 0.3) is 0 Å². The van der Waals surface area contributed by atoms with Crippen LogP contribution < -0.4 is 14.9 Å². The van der Waals surface area contributed by atoms with E-state index in [2.05, 4.69) is 10.5 Å². The first kappa shape index (κ1) is 21.3. The molecule has 34 heavy (non-hydrogen) atoms. The van der Waals surface area contributed by atoms with Gasteiger partial charge in [-0.3, -0.25) is 4.79 Å². The standard InChI is InChI=1S/C28H22N2O4/c1-32-26-15-20(11-13-25(26)33-18-19-7-3-2-4-8-19)17-29-30-28(31)27-16-23-22-10-6-5-9-21(22)12-14-24(23)34-27/h2-17H,18H2,1H3,(H,30,31)/b29-17+. The normalized spacial score (nSPS) is 11.2. The number of furan rings is 1. The zero-order chi connectivity index (χ0) is 23.3. The molecule has 0 unspecified atom stereocenters. The third-order valence-corrected chi connectivity index (χ3v) is 5.45. The summed E-state index contributed by atoms with van der Waals surface area (Å²) in [5.74, 6) is 0.981. The van der Waals surface area contributed by atoms with Crippen LogP contribution in [-0.2, 0) is 6.61 Å². The van der Waals surface area contributed by atoms with Crippen LogP contribution in [0.2, 0.25) is 0 Å². The molecule has 0 aliphatic carbocycles. The van der Waals surface area contributed by atoms with Crippen molar-refractivity contribution in [3.05, 3.63) is 108 Å². The number of hydrogen-bond acceptors (Lipinski definition) is 5. The number of nitrogens with zero attached hydrogens (tertiary/aromatic N) is 1. The Balaban J connectivity index is 1.27. The van der Waals surface area contributed by atoms with Crippen molar-refractivity contribution in [2.75, 3.05) is 7.11 Å². The van der Waals surface area contributed by atoms with Gasteiger partial charge in [0.1, 0.15) is 12.2 Å². The molecule has 0 fully saturated rings. The molecule has 4 aromatic carbocycles. The number of ether oxygens (including phenoxy) is 2. The Labute approximate surface area is 196 Å². The minimum absolute atomic E-state index is 0.200. The van der Waals surface area contributed by atoms with E-state index in [1.165, 1.54) is 0 Å². The van der Waals surface area contributed by atoms with Gasteiger partial charge in [-0.15, -0.1) is 0 Å². The monoisotopic (exact) mass is 450 g/mol. The van der Waals surface area contributed by atoms with Gasteiger partial charge in [0.2, 0.25) is 0 Å². The molecule has 5 rings (SSSR count). The Hall–Kier alpha value is -4.58. The molecule has 0 saturated heterocycles. The highest BCUT2D eigenvalue weighted by Crippen LogP contribution is 2.29. The van der Waals surface area contributed by atoms with Gasteiger partial charge in [-0.2, -0.15) is 5.10 Å². The van der Waals surface area contributed by atoms with E-state index in [1.54, 1.807) is 25.5 Å². The molecule has 0 aliphatic rings. The zero-order valence-electron chi connectivity index (χ0n) is 18.5. The fourth-order valence-electron chi connectivity index (χ4n) is 3.74. The highest BCUT2D eigenvalue weighted by Gasteiger charge is 2.13. The third kappa shape index (κ3) is 4.47. The number of carbonyl (C=O) groups excluding carboxylic acids is 1. The number of carbonyl (C=O) groups is 1. The van der Waals surface area contributed by atoms with Gasteiger partial charge in [-0.05, 0) is 52.2 Å². The van der Waals surface area contributed by atoms with Crippen molar-refractivity contribution in [2.45, 2.75) is 6.61 Å². The van der Waals surface area contributed by atoms with Crippen LogP contribution >= 0.6 is 0 Å². The van der Waals surface area contributed by atoms with Crippen LogP contribution in [0.25, 0.3) is 21.7 Å². The average Bonchev–Trinajstić information content (AvgIpc) is 3.33. The molecule has 5 aromatic rings. The van der Waals surface area contributed by atoms with E-state index in [1.807, 2.05) is 78.9 Å². The molecule has 6 nitrogen and oxygen atoms in total. The molecule has 0 bridgehead atoms. The Bertz CT molecular complexity index is 1490. The Morgan fingerprint density at radius 2 is 1.74 bits per heavy atom. The lowest BCUT2D eigenvalue weighted by atomic mass is 10.1. The lowest BCUT2D eigenvalue weighted by molar-refractivity contribution is 0.0929. The first-order valence-corrected chi connectivity index (χ1v) is 10.8. The quantitative estimate of drug-likeness (QED) is 0.246. The van der Waals surface area contributed by atoms with Gasteiger partial charge in [0.05, 0.1) is 13.3 Å². The summed E-state index contributed by atoms with van der Waals surface area (Å²) < 4.78 is 17.1. The van der Waals surface area contributed by atoms with E-state index >= 15 is 0 Å². The maximum Gasteiger partial charge on any atom is 0.307 e. The maximum absolute atomic E-state index is 12.6. The van der Waals surface area contributed by atoms with E-state index in [-0.39, 0.29) is 5.76 Å². The summed E-state index contributed by atoms with van der Waals surface area (Å²) in [6.07, 6.45) is 1.54. The second-order valence-electron chi connectivity index (χ2n) is 7.69. The van der Waals surface area contributed by atoms with Crippen molar-refractivity contribution in [2.24, 2.45) is 5.10 Å². The highest BCUT2D eigenvalue weighted by atomic mass is 16.5. The van der Waals surface area contributed by atoms with Crippen LogP contribution in [0.3, 0.4) is 0 Å². The molecule has 1 N–H and O–H groups in total. The van der Waals surface area contributed by atoms with Gasteiger partial charge in [-0.1, -0.05) is 60.7 Å². The molecule has 1 aromatic heterocycles. The van der Waals surface area contributed by atoms with E-state index in [4.69, 9.17) is 13.9 Å². The molecule has 1 heterocycles. The SMILES string of the molecule is COc1cc(/C=N/NC(=O)c2cc3c(ccc4ccccc43)o2)ccc1OCc1ccccc1. The number of hydrogen-bond donors (Lipinski definition) is 1.